The average molecular weight is 453 g/mol. The maximum absolute atomic E-state index is 12.7. The SMILES string of the molecule is CCOC(=O)C1CN(CC2CN(c3ccc(CN)cc3)C(=O)O2)CCN1Cc1ccccc1. The van der Waals surface area contributed by atoms with Gasteiger partial charge in [0.2, 0.25) is 0 Å². The van der Waals surface area contributed by atoms with Gasteiger partial charge in [-0.25, -0.2) is 4.79 Å². The van der Waals surface area contributed by atoms with Gasteiger partial charge >= 0.3 is 12.1 Å². The minimum absolute atomic E-state index is 0.205. The molecule has 2 saturated heterocycles. The van der Waals surface area contributed by atoms with Gasteiger partial charge in [0.15, 0.2) is 0 Å². The molecule has 0 radical (unpaired) electrons. The largest absolute Gasteiger partial charge is 0.465 e. The number of hydrogen-bond acceptors (Lipinski definition) is 7. The molecule has 0 spiro atoms. The fraction of sp³-hybridized carbons (Fsp3) is 0.440. The van der Waals surface area contributed by atoms with E-state index >= 15 is 0 Å². The van der Waals surface area contributed by atoms with Crippen LogP contribution in [0.3, 0.4) is 0 Å². The van der Waals surface area contributed by atoms with Crippen molar-refractivity contribution in [3.63, 3.8) is 0 Å². The number of hydrogen-bond donors (Lipinski definition) is 1. The molecule has 176 valence electrons. The number of amides is 1. The number of carbonyl (C=O) groups is 2. The van der Waals surface area contributed by atoms with E-state index < -0.39 is 0 Å². The molecular formula is C25H32N4O4. The molecule has 0 aliphatic carbocycles. The van der Waals surface area contributed by atoms with E-state index in [0.717, 1.165) is 24.3 Å². The second-order valence-electron chi connectivity index (χ2n) is 8.47. The molecule has 8 heteroatoms. The van der Waals surface area contributed by atoms with Crippen molar-refractivity contribution in [3.8, 4) is 0 Å². The quantitative estimate of drug-likeness (QED) is 0.615. The van der Waals surface area contributed by atoms with Gasteiger partial charge in [0.25, 0.3) is 0 Å². The number of benzene rings is 2. The Morgan fingerprint density at radius 1 is 1.06 bits per heavy atom. The zero-order valence-electron chi connectivity index (χ0n) is 19.1. The second-order valence-corrected chi connectivity index (χ2v) is 8.47. The summed E-state index contributed by atoms with van der Waals surface area (Å²) in [5.41, 5.74) is 8.65. The monoisotopic (exact) mass is 452 g/mol. The number of cyclic esters (lactones) is 1. The van der Waals surface area contributed by atoms with Crippen LogP contribution in [0.5, 0.6) is 0 Å². The number of rotatable bonds is 8. The fourth-order valence-corrected chi connectivity index (χ4v) is 4.44. The van der Waals surface area contributed by atoms with Crippen LogP contribution in [0.2, 0.25) is 0 Å². The number of esters is 1. The lowest BCUT2D eigenvalue weighted by Crippen LogP contribution is -2.57. The second kappa shape index (κ2) is 10.8. The Bertz CT molecular complexity index is 937. The Morgan fingerprint density at radius 2 is 1.82 bits per heavy atom. The zero-order chi connectivity index (χ0) is 23.2. The number of carbonyl (C=O) groups excluding carboxylic acids is 2. The Hall–Kier alpha value is -2.94. The fourth-order valence-electron chi connectivity index (χ4n) is 4.44. The summed E-state index contributed by atoms with van der Waals surface area (Å²) in [5, 5.41) is 0. The maximum Gasteiger partial charge on any atom is 0.414 e. The van der Waals surface area contributed by atoms with Crippen LogP contribution in [-0.2, 0) is 27.4 Å². The van der Waals surface area contributed by atoms with E-state index in [1.807, 2.05) is 49.4 Å². The lowest BCUT2D eigenvalue weighted by atomic mass is 10.1. The lowest BCUT2D eigenvalue weighted by molar-refractivity contribution is -0.152. The smallest absolute Gasteiger partial charge is 0.414 e. The van der Waals surface area contributed by atoms with Crippen LogP contribution in [0.25, 0.3) is 0 Å². The molecule has 2 fully saturated rings. The first-order valence-electron chi connectivity index (χ1n) is 11.5. The third kappa shape index (κ3) is 5.71. The molecule has 2 heterocycles. The van der Waals surface area contributed by atoms with Gasteiger partial charge < -0.3 is 15.2 Å². The van der Waals surface area contributed by atoms with E-state index in [9.17, 15) is 9.59 Å². The van der Waals surface area contributed by atoms with Crippen molar-refractivity contribution in [3.05, 3.63) is 65.7 Å². The van der Waals surface area contributed by atoms with E-state index in [2.05, 4.69) is 21.9 Å². The van der Waals surface area contributed by atoms with Gasteiger partial charge in [-0.1, -0.05) is 42.5 Å². The molecule has 0 saturated carbocycles. The molecule has 2 aliphatic rings. The first-order valence-corrected chi connectivity index (χ1v) is 11.5. The predicted octanol–water partition coefficient (Wildman–Crippen LogP) is 2.22. The van der Waals surface area contributed by atoms with Crippen molar-refractivity contribution in [1.82, 2.24) is 9.80 Å². The van der Waals surface area contributed by atoms with Gasteiger partial charge in [-0.05, 0) is 30.2 Å². The third-order valence-electron chi connectivity index (χ3n) is 6.18. The molecule has 1 amide bonds. The normalized spacial score (nSPS) is 21.8. The molecular weight excluding hydrogens is 420 g/mol. The Balaban J connectivity index is 1.38. The van der Waals surface area contributed by atoms with E-state index in [4.69, 9.17) is 15.2 Å². The highest BCUT2D eigenvalue weighted by Gasteiger charge is 2.38. The van der Waals surface area contributed by atoms with Gasteiger partial charge in [0.1, 0.15) is 12.1 Å². The summed E-state index contributed by atoms with van der Waals surface area (Å²) in [4.78, 5) is 31.2. The van der Waals surface area contributed by atoms with Gasteiger partial charge in [-0.2, -0.15) is 0 Å². The highest BCUT2D eigenvalue weighted by atomic mass is 16.6. The van der Waals surface area contributed by atoms with E-state index in [-0.39, 0.29) is 24.2 Å². The summed E-state index contributed by atoms with van der Waals surface area (Å²) >= 11 is 0. The molecule has 2 N–H and O–H groups in total. The van der Waals surface area contributed by atoms with Gasteiger partial charge in [-0.3, -0.25) is 19.5 Å². The van der Waals surface area contributed by atoms with Crippen molar-refractivity contribution < 1.29 is 19.1 Å². The van der Waals surface area contributed by atoms with Gasteiger partial charge in [0.05, 0.1) is 13.2 Å². The number of ether oxygens (including phenoxy) is 2. The summed E-state index contributed by atoms with van der Waals surface area (Å²) in [6.45, 7) is 6.48. The van der Waals surface area contributed by atoms with Crippen LogP contribution in [0, 0.1) is 0 Å². The topological polar surface area (TPSA) is 88.3 Å². The number of nitrogens with two attached hydrogens (primary N) is 1. The predicted molar refractivity (Wildman–Crippen MR) is 126 cm³/mol. The highest BCUT2D eigenvalue weighted by molar-refractivity contribution is 5.89. The summed E-state index contributed by atoms with van der Waals surface area (Å²) in [6, 6.07) is 17.4. The minimum atomic E-state index is -0.351. The summed E-state index contributed by atoms with van der Waals surface area (Å²) < 4.78 is 11.0. The van der Waals surface area contributed by atoms with Crippen LogP contribution >= 0.6 is 0 Å². The van der Waals surface area contributed by atoms with Crippen molar-refractivity contribution in [2.45, 2.75) is 32.2 Å². The zero-order valence-corrected chi connectivity index (χ0v) is 19.1. The molecule has 0 bridgehead atoms. The summed E-state index contributed by atoms with van der Waals surface area (Å²) in [6.07, 6.45) is -0.597. The molecule has 2 aromatic carbocycles. The summed E-state index contributed by atoms with van der Waals surface area (Å²) in [5.74, 6) is -0.205. The molecule has 33 heavy (non-hydrogen) atoms. The summed E-state index contributed by atoms with van der Waals surface area (Å²) in [7, 11) is 0. The lowest BCUT2D eigenvalue weighted by Gasteiger charge is -2.40. The van der Waals surface area contributed by atoms with Crippen LogP contribution in [0.4, 0.5) is 10.5 Å². The molecule has 8 nitrogen and oxygen atoms in total. The van der Waals surface area contributed by atoms with Crippen molar-refractivity contribution in [1.29, 1.82) is 0 Å². The van der Waals surface area contributed by atoms with E-state index in [0.29, 0.717) is 39.3 Å². The molecule has 2 atom stereocenters. The minimum Gasteiger partial charge on any atom is -0.465 e. The van der Waals surface area contributed by atoms with E-state index in [1.54, 1.807) is 4.90 Å². The van der Waals surface area contributed by atoms with Gasteiger partial charge in [-0.15, -0.1) is 0 Å². The molecule has 0 aromatic heterocycles. The standard InChI is InChI=1S/C25H32N4O4/c1-2-32-24(30)23-18-27(12-13-28(23)15-20-6-4-3-5-7-20)16-22-17-29(25(31)33-22)21-10-8-19(14-26)9-11-21/h3-11,22-23H,2,12-18,26H2,1H3. The Morgan fingerprint density at radius 3 is 2.52 bits per heavy atom. The number of piperazine rings is 1. The molecule has 2 unspecified atom stereocenters. The first-order chi connectivity index (χ1) is 16.1. The maximum atomic E-state index is 12.7. The van der Waals surface area contributed by atoms with Crippen LogP contribution < -0.4 is 10.6 Å². The highest BCUT2D eigenvalue weighted by Crippen LogP contribution is 2.24. The molecule has 2 aromatic rings. The van der Waals surface area contributed by atoms with Crippen molar-refractivity contribution in [2.75, 3.05) is 44.2 Å². The Labute approximate surface area is 194 Å². The molecule has 2 aliphatic heterocycles. The van der Waals surface area contributed by atoms with Crippen molar-refractivity contribution in [2.24, 2.45) is 5.73 Å². The number of nitrogens with zero attached hydrogens (tertiary/aromatic N) is 3. The van der Waals surface area contributed by atoms with Crippen molar-refractivity contribution >= 4 is 17.7 Å². The number of anilines is 1. The van der Waals surface area contributed by atoms with Crippen LogP contribution in [-0.4, -0.2) is 73.3 Å². The third-order valence-corrected chi connectivity index (χ3v) is 6.18. The van der Waals surface area contributed by atoms with E-state index in [1.165, 1.54) is 5.56 Å². The van der Waals surface area contributed by atoms with Gasteiger partial charge in [0, 0.05) is 45.0 Å². The first kappa shape index (κ1) is 23.2. The Kier molecular flexibility index (Phi) is 7.59. The van der Waals surface area contributed by atoms with Crippen LogP contribution in [0.15, 0.2) is 54.6 Å². The molecule has 4 rings (SSSR count). The average Bonchev–Trinajstić information content (AvgIpc) is 3.20. The van der Waals surface area contributed by atoms with Crippen LogP contribution in [0.1, 0.15) is 18.1 Å².